The maximum atomic E-state index is 13.0. The van der Waals surface area contributed by atoms with Crippen LogP contribution in [0.2, 0.25) is 5.02 Å². The molecular weight excluding hydrogens is 341 g/mol. The zero-order valence-electron chi connectivity index (χ0n) is 10.7. The third-order valence-corrected chi connectivity index (χ3v) is 4.81. The maximum Gasteiger partial charge on any atom is 0.124 e. The van der Waals surface area contributed by atoms with E-state index in [0.29, 0.717) is 17.0 Å². The van der Waals surface area contributed by atoms with Crippen LogP contribution in [0.5, 0.6) is 0 Å². The third kappa shape index (κ3) is 2.84. The van der Waals surface area contributed by atoms with Gasteiger partial charge in [-0.2, -0.15) is 0 Å². The second-order valence-corrected chi connectivity index (χ2v) is 6.42. The molecule has 0 heterocycles. The van der Waals surface area contributed by atoms with Gasteiger partial charge in [0.1, 0.15) is 5.82 Å². The molecule has 0 saturated heterocycles. The van der Waals surface area contributed by atoms with Crippen molar-refractivity contribution in [2.24, 2.45) is 0 Å². The van der Waals surface area contributed by atoms with Crippen LogP contribution in [0.15, 0.2) is 46.9 Å². The van der Waals surface area contributed by atoms with Crippen molar-refractivity contribution in [3.05, 3.63) is 63.3 Å². The van der Waals surface area contributed by atoms with Crippen LogP contribution in [-0.4, -0.2) is 6.04 Å². The summed E-state index contributed by atoms with van der Waals surface area (Å²) in [6.45, 7) is 0. The van der Waals surface area contributed by atoms with Gasteiger partial charge in [0.15, 0.2) is 0 Å². The highest BCUT2D eigenvalue weighted by Crippen LogP contribution is 2.41. The van der Waals surface area contributed by atoms with Gasteiger partial charge in [0.25, 0.3) is 0 Å². The molecule has 1 fully saturated rings. The Bertz CT molecular complexity index is 626. The first-order valence-electron chi connectivity index (χ1n) is 6.59. The summed E-state index contributed by atoms with van der Waals surface area (Å²) in [5, 5.41) is 3.82. The molecule has 1 aliphatic carbocycles. The van der Waals surface area contributed by atoms with E-state index in [0.717, 1.165) is 18.5 Å². The lowest BCUT2D eigenvalue weighted by molar-refractivity contribution is 0.373. The van der Waals surface area contributed by atoms with Gasteiger partial charge in [0.05, 0.1) is 10.7 Å². The van der Waals surface area contributed by atoms with Gasteiger partial charge in [0.2, 0.25) is 0 Å². The summed E-state index contributed by atoms with van der Waals surface area (Å²) >= 11 is 9.62. The molecule has 4 heteroatoms. The largest absolute Gasteiger partial charge is 0.381 e. The number of anilines is 1. The molecule has 0 radical (unpaired) electrons. The standard InChI is InChI=1S/C16H14BrClFN/c17-14-4-2-1-3-13(14)10-7-12(8-10)20-16-6-5-11(19)9-15(16)18/h1-6,9-10,12,20H,7-8H2. The fourth-order valence-electron chi connectivity index (χ4n) is 2.62. The molecule has 0 aromatic heterocycles. The number of nitrogens with one attached hydrogen (secondary N) is 1. The van der Waals surface area contributed by atoms with Gasteiger partial charge >= 0.3 is 0 Å². The number of rotatable bonds is 3. The van der Waals surface area contributed by atoms with Gasteiger partial charge in [-0.05, 0) is 48.6 Å². The number of halogens is 3. The average Bonchev–Trinajstić information content (AvgIpc) is 2.37. The lowest BCUT2D eigenvalue weighted by Crippen LogP contribution is -2.34. The van der Waals surface area contributed by atoms with Crippen LogP contribution < -0.4 is 5.32 Å². The van der Waals surface area contributed by atoms with E-state index in [2.05, 4.69) is 39.4 Å². The molecule has 0 amide bonds. The molecule has 2 aromatic carbocycles. The predicted octanol–water partition coefficient (Wildman–Crippen LogP) is 5.60. The summed E-state index contributed by atoms with van der Waals surface area (Å²) < 4.78 is 14.2. The van der Waals surface area contributed by atoms with Crippen LogP contribution in [0.4, 0.5) is 10.1 Å². The van der Waals surface area contributed by atoms with E-state index in [1.165, 1.54) is 22.2 Å². The van der Waals surface area contributed by atoms with Gasteiger partial charge in [-0.1, -0.05) is 45.7 Å². The Kier molecular flexibility index (Phi) is 3.99. The van der Waals surface area contributed by atoms with Gasteiger partial charge in [0, 0.05) is 10.5 Å². The Morgan fingerprint density at radius 2 is 1.90 bits per heavy atom. The summed E-state index contributed by atoms with van der Waals surface area (Å²) in [7, 11) is 0. The van der Waals surface area contributed by atoms with Gasteiger partial charge < -0.3 is 5.32 Å². The van der Waals surface area contributed by atoms with Crippen molar-refractivity contribution in [1.82, 2.24) is 0 Å². The molecular formula is C16H14BrClFN. The van der Waals surface area contributed by atoms with Crippen molar-refractivity contribution >= 4 is 33.2 Å². The molecule has 0 aliphatic heterocycles. The molecule has 20 heavy (non-hydrogen) atoms. The van der Waals surface area contributed by atoms with E-state index >= 15 is 0 Å². The van der Waals surface area contributed by atoms with Crippen molar-refractivity contribution in [2.45, 2.75) is 24.8 Å². The van der Waals surface area contributed by atoms with E-state index in [1.807, 2.05) is 6.07 Å². The van der Waals surface area contributed by atoms with Crippen molar-refractivity contribution in [3.63, 3.8) is 0 Å². The van der Waals surface area contributed by atoms with Gasteiger partial charge in [-0.15, -0.1) is 0 Å². The minimum atomic E-state index is -0.305. The first-order chi connectivity index (χ1) is 9.63. The fourth-order valence-corrected chi connectivity index (χ4v) is 3.45. The summed E-state index contributed by atoms with van der Waals surface area (Å²) in [4.78, 5) is 0. The number of hydrogen-bond donors (Lipinski definition) is 1. The zero-order chi connectivity index (χ0) is 14.1. The minimum absolute atomic E-state index is 0.305. The molecule has 1 aliphatic rings. The summed E-state index contributed by atoms with van der Waals surface area (Å²) in [5.41, 5.74) is 2.17. The van der Waals surface area contributed by atoms with Crippen LogP contribution >= 0.6 is 27.5 Å². The van der Waals surface area contributed by atoms with Crippen molar-refractivity contribution < 1.29 is 4.39 Å². The molecule has 104 valence electrons. The monoisotopic (exact) mass is 353 g/mol. The number of hydrogen-bond acceptors (Lipinski definition) is 1. The fraction of sp³-hybridized carbons (Fsp3) is 0.250. The maximum absolute atomic E-state index is 13.0. The van der Waals surface area contributed by atoms with Crippen molar-refractivity contribution in [2.75, 3.05) is 5.32 Å². The van der Waals surface area contributed by atoms with Crippen molar-refractivity contribution in [1.29, 1.82) is 0 Å². The Balaban J connectivity index is 1.62. The molecule has 0 bridgehead atoms. The van der Waals surface area contributed by atoms with Gasteiger partial charge in [-0.3, -0.25) is 0 Å². The topological polar surface area (TPSA) is 12.0 Å². The first-order valence-corrected chi connectivity index (χ1v) is 7.76. The lowest BCUT2D eigenvalue weighted by Gasteiger charge is -2.37. The SMILES string of the molecule is Fc1ccc(NC2CC(c3ccccc3Br)C2)c(Cl)c1. The lowest BCUT2D eigenvalue weighted by atomic mass is 9.76. The third-order valence-electron chi connectivity index (χ3n) is 3.77. The van der Waals surface area contributed by atoms with E-state index < -0.39 is 0 Å². The van der Waals surface area contributed by atoms with Crippen LogP contribution in [-0.2, 0) is 0 Å². The Morgan fingerprint density at radius 3 is 2.60 bits per heavy atom. The highest BCUT2D eigenvalue weighted by atomic mass is 79.9. The molecule has 0 unspecified atom stereocenters. The zero-order valence-corrected chi connectivity index (χ0v) is 13.1. The van der Waals surface area contributed by atoms with E-state index in [-0.39, 0.29) is 5.82 Å². The Morgan fingerprint density at radius 1 is 1.15 bits per heavy atom. The van der Waals surface area contributed by atoms with Crippen LogP contribution in [0.25, 0.3) is 0 Å². The Labute approximate surface area is 131 Å². The second kappa shape index (κ2) is 5.74. The van der Waals surface area contributed by atoms with E-state index in [1.54, 1.807) is 6.07 Å². The molecule has 1 N–H and O–H groups in total. The molecule has 1 nitrogen and oxygen atoms in total. The quantitative estimate of drug-likeness (QED) is 0.756. The highest BCUT2D eigenvalue weighted by molar-refractivity contribution is 9.10. The number of benzene rings is 2. The van der Waals surface area contributed by atoms with E-state index in [9.17, 15) is 4.39 Å². The minimum Gasteiger partial charge on any atom is -0.381 e. The Hall–Kier alpha value is -1.06. The molecule has 3 rings (SSSR count). The van der Waals surface area contributed by atoms with Crippen LogP contribution in [0, 0.1) is 5.82 Å². The summed E-state index contributed by atoms with van der Waals surface area (Å²) in [5.74, 6) is 0.266. The average molecular weight is 355 g/mol. The first kappa shape index (κ1) is 13.9. The normalized spacial score (nSPS) is 21.4. The molecule has 0 atom stereocenters. The second-order valence-electron chi connectivity index (χ2n) is 5.16. The summed E-state index contributed by atoms with van der Waals surface area (Å²) in [6, 6.07) is 13.2. The predicted molar refractivity (Wildman–Crippen MR) is 84.9 cm³/mol. The summed E-state index contributed by atoms with van der Waals surface area (Å²) in [6.07, 6.45) is 2.13. The van der Waals surface area contributed by atoms with Crippen LogP contribution in [0.3, 0.4) is 0 Å². The molecule has 1 saturated carbocycles. The smallest absolute Gasteiger partial charge is 0.124 e. The van der Waals surface area contributed by atoms with Crippen molar-refractivity contribution in [3.8, 4) is 0 Å². The molecule has 0 spiro atoms. The van der Waals surface area contributed by atoms with E-state index in [4.69, 9.17) is 11.6 Å². The van der Waals surface area contributed by atoms with Crippen LogP contribution in [0.1, 0.15) is 24.3 Å². The van der Waals surface area contributed by atoms with Gasteiger partial charge in [-0.25, -0.2) is 4.39 Å². The highest BCUT2D eigenvalue weighted by Gasteiger charge is 2.31. The molecule has 2 aromatic rings.